The van der Waals surface area contributed by atoms with Crippen LogP contribution in [0.25, 0.3) is 0 Å². The Morgan fingerprint density at radius 3 is 2.45 bits per heavy atom. The maximum absolute atomic E-state index is 14.1. The second kappa shape index (κ2) is 6.35. The largest absolute Gasteiger partial charge is 0.391 e. The smallest absolute Gasteiger partial charge is 0.261 e. The lowest BCUT2D eigenvalue weighted by Gasteiger charge is -2.54. The number of hydrogen-bond donors (Lipinski definition) is 2. The van der Waals surface area contributed by atoms with E-state index in [1.54, 1.807) is 34.5 Å². The summed E-state index contributed by atoms with van der Waals surface area (Å²) in [6.07, 6.45) is 8.34. The molecule has 2 aliphatic carbocycles. The number of carbonyl (C=O) groups is 3. The van der Waals surface area contributed by atoms with E-state index in [0.29, 0.717) is 12.8 Å². The van der Waals surface area contributed by atoms with Gasteiger partial charge in [-0.3, -0.25) is 14.4 Å². The molecule has 0 aromatic carbocycles. The fraction of sp³-hybridized carbons (Fsp3) is 0.650. The van der Waals surface area contributed by atoms with Gasteiger partial charge in [0.15, 0.2) is 9.74 Å². The van der Waals surface area contributed by atoms with E-state index >= 15 is 0 Å². The van der Waals surface area contributed by atoms with Crippen LogP contribution in [-0.4, -0.2) is 84.2 Å². The minimum Gasteiger partial charge on any atom is -0.391 e. The van der Waals surface area contributed by atoms with E-state index in [0.717, 1.165) is 5.57 Å². The molecule has 3 heterocycles. The zero-order valence-electron chi connectivity index (χ0n) is 16.3. The topological polar surface area (TPSA) is 98.2 Å². The number of nitrogens with zero attached hydrogens (tertiary/aromatic N) is 2. The first kappa shape index (κ1) is 19.7. The number of piperazine rings is 1. The average Bonchev–Trinajstić information content (AvgIpc) is 3.26. The van der Waals surface area contributed by atoms with Gasteiger partial charge in [0.05, 0.1) is 24.3 Å². The van der Waals surface area contributed by atoms with Gasteiger partial charge in [0.1, 0.15) is 5.78 Å². The lowest BCUT2D eigenvalue weighted by Crippen LogP contribution is -2.74. The summed E-state index contributed by atoms with van der Waals surface area (Å²) in [6.45, 7) is 0. The molecular formula is C20H24N2O5S2. The first-order chi connectivity index (χ1) is 13.8. The molecule has 0 unspecified atom stereocenters. The Morgan fingerprint density at radius 2 is 1.76 bits per heavy atom. The van der Waals surface area contributed by atoms with Crippen molar-refractivity contribution in [2.45, 2.75) is 59.7 Å². The molecule has 2 N–H and O–H groups in total. The number of aliphatic hydroxyl groups is 2. The van der Waals surface area contributed by atoms with Gasteiger partial charge in [0.25, 0.3) is 11.8 Å². The van der Waals surface area contributed by atoms with Crippen LogP contribution in [0.3, 0.4) is 0 Å². The number of amides is 2. The Labute approximate surface area is 177 Å². The number of rotatable bonds is 2. The number of aliphatic hydroxyl groups excluding tert-OH is 2. The Kier molecular flexibility index (Phi) is 4.31. The standard InChI is InChI=1S/C20H24N2O5S2/c1-28-19-8-10-4-3-5-13(24)15(10)21(19)18(27)20(29-2)9-11-12(23)6-7-14(25)16(11)22(20)17(19)26/h3-5,11,13-16,24-25H,6-9H2,1-2H3/t11-,13-,14-,15-,16-,19+,20+/m0/s1. The predicted molar refractivity (Wildman–Crippen MR) is 110 cm³/mol. The summed E-state index contributed by atoms with van der Waals surface area (Å²) in [5.41, 5.74) is 0.866. The maximum atomic E-state index is 14.1. The van der Waals surface area contributed by atoms with E-state index in [-0.39, 0.29) is 30.4 Å². The predicted octanol–water partition coefficient (Wildman–Crippen LogP) is 0.517. The van der Waals surface area contributed by atoms with Gasteiger partial charge in [-0.05, 0) is 24.5 Å². The van der Waals surface area contributed by atoms with Crippen molar-refractivity contribution in [2.75, 3.05) is 12.5 Å². The van der Waals surface area contributed by atoms with Gasteiger partial charge in [-0.25, -0.2) is 0 Å². The molecule has 0 aromatic heterocycles. The quantitative estimate of drug-likeness (QED) is 0.651. The minimum atomic E-state index is -1.22. The van der Waals surface area contributed by atoms with E-state index < -0.39 is 40.0 Å². The van der Waals surface area contributed by atoms with Gasteiger partial charge in [-0.15, -0.1) is 23.5 Å². The van der Waals surface area contributed by atoms with Gasteiger partial charge >= 0.3 is 0 Å². The summed E-state index contributed by atoms with van der Waals surface area (Å²) >= 11 is 2.57. The molecule has 3 aliphatic heterocycles. The van der Waals surface area contributed by atoms with Crippen LogP contribution >= 0.6 is 23.5 Å². The molecule has 5 aliphatic rings. The highest BCUT2D eigenvalue weighted by Crippen LogP contribution is 2.59. The van der Waals surface area contributed by atoms with Gasteiger partial charge < -0.3 is 20.0 Å². The zero-order chi connectivity index (χ0) is 20.7. The van der Waals surface area contributed by atoms with Crippen LogP contribution in [0.2, 0.25) is 0 Å². The van der Waals surface area contributed by atoms with E-state index in [1.807, 2.05) is 6.08 Å². The third-order valence-electron chi connectivity index (χ3n) is 7.30. The molecule has 3 saturated heterocycles. The highest BCUT2D eigenvalue weighted by molar-refractivity contribution is 8.01. The first-order valence-electron chi connectivity index (χ1n) is 9.86. The van der Waals surface area contributed by atoms with Crippen molar-refractivity contribution < 1.29 is 24.6 Å². The number of ketones is 1. The third-order valence-corrected chi connectivity index (χ3v) is 9.71. The van der Waals surface area contributed by atoms with Crippen molar-refractivity contribution in [3.63, 3.8) is 0 Å². The van der Waals surface area contributed by atoms with Crippen LogP contribution in [0.1, 0.15) is 25.7 Å². The normalized spacial score (nSPS) is 45.7. The van der Waals surface area contributed by atoms with Crippen molar-refractivity contribution in [1.82, 2.24) is 9.80 Å². The molecular weight excluding hydrogens is 412 g/mol. The van der Waals surface area contributed by atoms with Gasteiger partial charge in [-0.1, -0.05) is 18.2 Å². The van der Waals surface area contributed by atoms with Crippen LogP contribution in [0.4, 0.5) is 0 Å². The van der Waals surface area contributed by atoms with Crippen LogP contribution in [0.5, 0.6) is 0 Å². The Bertz CT molecular complexity index is 873. The fourth-order valence-electron chi connectivity index (χ4n) is 5.98. The summed E-state index contributed by atoms with van der Waals surface area (Å²) < 4.78 is 0. The monoisotopic (exact) mass is 436 g/mol. The van der Waals surface area contributed by atoms with Crippen molar-refractivity contribution >= 4 is 41.1 Å². The molecule has 4 fully saturated rings. The van der Waals surface area contributed by atoms with Crippen molar-refractivity contribution in [2.24, 2.45) is 5.92 Å². The molecule has 0 aromatic rings. The molecule has 7 nitrogen and oxygen atoms in total. The molecule has 5 rings (SSSR count). The number of fused-ring (bicyclic) bond motifs is 6. The van der Waals surface area contributed by atoms with Gasteiger partial charge in [0.2, 0.25) is 0 Å². The Hall–Kier alpha value is -1.29. The van der Waals surface area contributed by atoms with Crippen LogP contribution in [0.15, 0.2) is 23.8 Å². The number of hydrogen-bond acceptors (Lipinski definition) is 7. The summed E-state index contributed by atoms with van der Waals surface area (Å²) in [6, 6.07) is -1.23. The molecule has 156 valence electrons. The molecule has 9 heteroatoms. The van der Waals surface area contributed by atoms with Crippen LogP contribution in [0, 0.1) is 5.92 Å². The highest BCUT2D eigenvalue weighted by Gasteiger charge is 2.73. The molecule has 1 saturated carbocycles. The summed E-state index contributed by atoms with van der Waals surface area (Å²) in [5.74, 6) is -0.980. The molecule has 0 bridgehead atoms. The number of carbonyl (C=O) groups excluding carboxylic acids is 3. The molecule has 7 atom stereocenters. The SMILES string of the molecule is CS[C@@]12C[C@H]3C(=O)CC[C@H](O)[C@H]3N1C(=O)[C@]1(SC)CC3=CC=C[C@H](O)[C@H]3N1C2=O. The van der Waals surface area contributed by atoms with Crippen molar-refractivity contribution in [1.29, 1.82) is 0 Å². The lowest BCUT2D eigenvalue weighted by molar-refractivity contribution is -0.169. The Balaban J connectivity index is 1.69. The maximum Gasteiger partial charge on any atom is 0.261 e. The number of Topliss-reactive ketones (excluding diaryl/α,β-unsaturated/α-hetero) is 1. The third kappa shape index (κ3) is 2.22. The molecule has 29 heavy (non-hydrogen) atoms. The number of allylic oxidation sites excluding steroid dienone is 2. The fourth-order valence-corrected chi connectivity index (χ4v) is 7.97. The number of thioether (sulfide) groups is 2. The van der Waals surface area contributed by atoms with E-state index in [9.17, 15) is 24.6 Å². The van der Waals surface area contributed by atoms with E-state index in [1.165, 1.54) is 23.5 Å². The van der Waals surface area contributed by atoms with Crippen LogP contribution < -0.4 is 0 Å². The summed E-state index contributed by atoms with van der Waals surface area (Å²) in [7, 11) is 0. The summed E-state index contributed by atoms with van der Waals surface area (Å²) in [4.78, 5) is 41.5. The van der Waals surface area contributed by atoms with Crippen LogP contribution in [-0.2, 0) is 14.4 Å². The van der Waals surface area contributed by atoms with E-state index in [4.69, 9.17) is 0 Å². The molecule has 0 spiro atoms. The highest BCUT2D eigenvalue weighted by atomic mass is 32.2. The summed E-state index contributed by atoms with van der Waals surface area (Å²) in [5, 5.41) is 21.4. The van der Waals surface area contributed by atoms with Gasteiger partial charge in [-0.2, -0.15) is 0 Å². The first-order valence-corrected chi connectivity index (χ1v) is 12.3. The van der Waals surface area contributed by atoms with Crippen molar-refractivity contribution in [3.8, 4) is 0 Å². The Morgan fingerprint density at radius 1 is 1.07 bits per heavy atom. The second-order valence-corrected chi connectivity index (χ2v) is 10.6. The molecule has 2 amide bonds. The molecule has 0 radical (unpaired) electrons. The van der Waals surface area contributed by atoms with Gasteiger partial charge in [0, 0.05) is 25.2 Å². The van der Waals surface area contributed by atoms with Crippen molar-refractivity contribution in [3.05, 3.63) is 23.8 Å². The second-order valence-electron chi connectivity index (χ2n) is 8.44. The van der Waals surface area contributed by atoms with E-state index in [2.05, 4.69) is 0 Å². The zero-order valence-corrected chi connectivity index (χ0v) is 17.9. The average molecular weight is 437 g/mol. The minimum absolute atomic E-state index is 0.0169. The lowest BCUT2D eigenvalue weighted by atomic mass is 9.81.